The monoisotopic (exact) mass is 424 g/mol. The molecule has 0 radical (unpaired) electrons. The Hall–Kier alpha value is 1.36. The molecule has 0 amide bonds. The summed E-state index contributed by atoms with van der Waals surface area (Å²) in [4.78, 5) is 0. The van der Waals surface area contributed by atoms with Crippen molar-refractivity contribution in [2.45, 2.75) is 20.7 Å². The minimum absolute atomic E-state index is 0.237. The van der Waals surface area contributed by atoms with Crippen LogP contribution in [0.3, 0.4) is 0 Å². The van der Waals surface area contributed by atoms with Gasteiger partial charge in [0.1, 0.15) is 0 Å². The first-order chi connectivity index (χ1) is 8.31. The van der Waals surface area contributed by atoms with Gasteiger partial charge < -0.3 is 0 Å². The number of aliphatic hydroxyl groups excluding tert-OH is 2. The molecule has 0 saturated carbocycles. The van der Waals surface area contributed by atoms with Crippen LogP contribution in [0.2, 0.25) is 5.32 Å². The van der Waals surface area contributed by atoms with Crippen molar-refractivity contribution in [1.29, 1.82) is 0 Å². The van der Waals surface area contributed by atoms with Crippen LogP contribution >= 0.6 is 34.9 Å². The van der Waals surface area contributed by atoms with E-state index in [1.165, 1.54) is 18.2 Å². The molecule has 1 heterocycles. The fraction of sp³-hybridized carbons (Fsp3) is 0.600. The molecule has 17 heavy (non-hydrogen) atoms. The normalized spacial score (nSPS) is 11.0. The Labute approximate surface area is 126 Å². The van der Waals surface area contributed by atoms with Gasteiger partial charge in [0.25, 0.3) is 0 Å². The molecule has 0 unspecified atom stereocenters. The van der Waals surface area contributed by atoms with Gasteiger partial charge in [0.05, 0.1) is 0 Å². The summed E-state index contributed by atoms with van der Waals surface area (Å²) in [6.07, 6.45) is 0. The summed E-state index contributed by atoms with van der Waals surface area (Å²) < 4.78 is 4.20. The summed E-state index contributed by atoms with van der Waals surface area (Å²) in [5.74, 6) is 1.56. The van der Waals surface area contributed by atoms with Crippen LogP contribution in [0.4, 0.5) is 0 Å². The van der Waals surface area contributed by atoms with E-state index in [-0.39, 0.29) is 13.2 Å². The van der Waals surface area contributed by atoms with Crippen LogP contribution < -0.4 is 4.46 Å². The molecule has 0 spiro atoms. The van der Waals surface area contributed by atoms with Crippen molar-refractivity contribution >= 4 is 65.6 Å². The molecule has 0 aromatic carbocycles. The Morgan fingerprint density at radius 1 is 1.24 bits per heavy atom. The van der Waals surface area contributed by atoms with E-state index in [4.69, 9.17) is 10.2 Å². The van der Waals surface area contributed by atoms with Crippen LogP contribution in [0.15, 0.2) is 14.5 Å². The van der Waals surface area contributed by atoms with Gasteiger partial charge in [-0.3, -0.25) is 0 Å². The Kier molecular flexibility index (Phi) is 9.83. The zero-order chi connectivity index (χ0) is 12.5. The summed E-state index contributed by atoms with van der Waals surface area (Å²) >= 11 is 6.69. The van der Waals surface area contributed by atoms with Crippen LogP contribution in [0, 0.1) is 0 Å². The Morgan fingerprint density at radius 3 is 2.59 bits per heavy atom. The van der Waals surface area contributed by atoms with Gasteiger partial charge in [-0.2, -0.15) is 0 Å². The second kappa shape index (κ2) is 10.2. The van der Waals surface area contributed by atoms with Crippen molar-refractivity contribution < 1.29 is 10.2 Å². The number of thioether (sulfide) groups is 2. The first kappa shape index (κ1) is 16.4. The second-order valence-electron chi connectivity index (χ2n) is 2.85. The van der Waals surface area contributed by atoms with Crippen molar-refractivity contribution in [3.05, 3.63) is 6.07 Å². The van der Waals surface area contributed by atoms with Crippen LogP contribution in [0.1, 0.15) is 6.92 Å². The summed E-state index contributed by atoms with van der Waals surface area (Å²) in [5, 5.41) is 19.0. The number of thiophene rings is 1. The Morgan fingerprint density at radius 2 is 1.94 bits per heavy atom. The maximum absolute atomic E-state index is 8.90. The third kappa shape index (κ3) is 6.37. The molecule has 0 bridgehead atoms. The number of aliphatic hydroxyl groups is 2. The predicted molar refractivity (Wildman–Crippen MR) is 81.6 cm³/mol. The van der Waals surface area contributed by atoms with Crippen LogP contribution in [-0.2, 0) is 0 Å². The molecular weight excluding hydrogens is 406 g/mol. The second-order valence-corrected chi connectivity index (χ2v) is 14.0. The molecule has 1 aromatic rings. The average Bonchev–Trinajstić information content (AvgIpc) is 2.73. The van der Waals surface area contributed by atoms with Gasteiger partial charge in [-0.15, -0.1) is 0 Å². The molecule has 0 aliphatic rings. The number of hydrogen-bond acceptors (Lipinski definition) is 5. The molecule has 1 rings (SSSR count). The van der Waals surface area contributed by atoms with Crippen LogP contribution in [0.5, 0.6) is 0 Å². The van der Waals surface area contributed by atoms with Crippen molar-refractivity contribution in [3.63, 3.8) is 0 Å². The van der Waals surface area contributed by atoms with E-state index in [9.17, 15) is 0 Å². The molecule has 0 aliphatic heterocycles. The van der Waals surface area contributed by atoms with Gasteiger partial charge in [-0.1, -0.05) is 0 Å². The first-order valence-corrected chi connectivity index (χ1v) is 14.4. The maximum atomic E-state index is 8.90. The van der Waals surface area contributed by atoms with E-state index >= 15 is 0 Å². The summed E-state index contributed by atoms with van der Waals surface area (Å²) in [6, 6.07) is 2.29. The summed E-state index contributed by atoms with van der Waals surface area (Å²) in [6.45, 7) is 2.73. The average molecular weight is 422 g/mol. The molecule has 2 N–H and O–H groups in total. The predicted octanol–water partition coefficient (Wildman–Crippen LogP) is 1.30. The van der Waals surface area contributed by atoms with E-state index in [1.54, 1.807) is 23.5 Å². The quantitative estimate of drug-likeness (QED) is 0.465. The van der Waals surface area contributed by atoms with Crippen molar-refractivity contribution in [1.82, 2.24) is 0 Å². The molecule has 0 saturated heterocycles. The fourth-order valence-corrected chi connectivity index (χ4v) is 11.9. The SMILES string of the molecule is CC[Se][Se]c1cc(SCCO)sc1SCCO. The van der Waals surface area contributed by atoms with Crippen molar-refractivity contribution in [2.24, 2.45) is 0 Å². The minimum atomic E-state index is 0.237. The van der Waals surface area contributed by atoms with Crippen LogP contribution in [-0.4, -0.2) is 61.2 Å². The molecule has 98 valence electrons. The molecule has 0 aliphatic carbocycles. The third-order valence-electron chi connectivity index (χ3n) is 1.57. The fourth-order valence-electron chi connectivity index (χ4n) is 0.974. The van der Waals surface area contributed by atoms with E-state index in [0.29, 0.717) is 13.1 Å². The standard InChI is InChI=1S/C10H16O2S3Se2/c1-2-16-17-8-7-9(13-5-3-11)15-10(8)14-6-4-12/h7,11-12H,2-6H2,1H3. The molecule has 0 atom stereocenters. The Bertz CT molecular complexity index is 295. The zero-order valence-electron chi connectivity index (χ0n) is 9.55. The van der Waals surface area contributed by atoms with Gasteiger partial charge in [0.15, 0.2) is 0 Å². The molecule has 7 heteroatoms. The van der Waals surface area contributed by atoms with Crippen LogP contribution in [0.25, 0.3) is 0 Å². The van der Waals surface area contributed by atoms with E-state index in [0.717, 1.165) is 24.6 Å². The Balaban J connectivity index is 2.64. The van der Waals surface area contributed by atoms with Gasteiger partial charge >= 0.3 is 127 Å². The van der Waals surface area contributed by atoms with Gasteiger partial charge in [-0.25, -0.2) is 0 Å². The van der Waals surface area contributed by atoms with E-state index in [1.807, 2.05) is 11.3 Å². The zero-order valence-corrected chi connectivity index (χ0v) is 15.4. The van der Waals surface area contributed by atoms with Crippen molar-refractivity contribution in [2.75, 3.05) is 24.7 Å². The molecule has 0 fully saturated rings. The third-order valence-corrected chi connectivity index (χ3v) is 13.3. The van der Waals surface area contributed by atoms with Gasteiger partial charge in [0.2, 0.25) is 0 Å². The number of hydrogen-bond donors (Lipinski definition) is 2. The van der Waals surface area contributed by atoms with E-state index in [2.05, 4.69) is 13.0 Å². The molecular formula is C10H16O2S3Se2. The van der Waals surface area contributed by atoms with E-state index < -0.39 is 0 Å². The topological polar surface area (TPSA) is 40.5 Å². The molecule has 2 nitrogen and oxygen atoms in total. The van der Waals surface area contributed by atoms with Crippen molar-refractivity contribution in [3.8, 4) is 0 Å². The summed E-state index contributed by atoms with van der Waals surface area (Å²) in [5.41, 5.74) is 0. The van der Waals surface area contributed by atoms with Gasteiger partial charge in [-0.05, 0) is 0 Å². The number of rotatable bonds is 9. The van der Waals surface area contributed by atoms with Gasteiger partial charge in [0, 0.05) is 0 Å². The first-order valence-electron chi connectivity index (χ1n) is 5.22. The molecule has 1 aromatic heterocycles. The summed E-state index contributed by atoms with van der Waals surface area (Å²) in [7, 11) is 0.